The summed E-state index contributed by atoms with van der Waals surface area (Å²) >= 11 is 0. The molecule has 1 aliphatic carbocycles. The molecule has 1 aromatic rings. The van der Waals surface area contributed by atoms with E-state index >= 15 is 0 Å². The van der Waals surface area contributed by atoms with Gasteiger partial charge in [0.15, 0.2) is 0 Å². The van der Waals surface area contributed by atoms with Crippen LogP contribution in [0.3, 0.4) is 0 Å². The van der Waals surface area contributed by atoms with Gasteiger partial charge in [-0.1, -0.05) is 75.5 Å². The highest BCUT2D eigenvalue weighted by Gasteiger charge is 2.31. The zero-order chi connectivity index (χ0) is 20.5. The number of nitrogens with one attached hydrogen (secondary N) is 2. The molecule has 1 unspecified atom stereocenters. The smallest absolute Gasteiger partial charge is 0.315 e. The van der Waals surface area contributed by atoms with E-state index in [9.17, 15) is 9.59 Å². The van der Waals surface area contributed by atoms with Crippen molar-refractivity contribution in [2.75, 3.05) is 11.4 Å². The van der Waals surface area contributed by atoms with Crippen molar-refractivity contribution < 1.29 is 9.59 Å². The highest BCUT2D eigenvalue weighted by molar-refractivity contribution is 5.96. The summed E-state index contributed by atoms with van der Waals surface area (Å²) in [5.41, 5.74) is 2.08. The summed E-state index contributed by atoms with van der Waals surface area (Å²) in [6.07, 6.45) is 14.1. The number of anilines is 1. The van der Waals surface area contributed by atoms with Crippen LogP contribution in [0.1, 0.15) is 82.6 Å². The van der Waals surface area contributed by atoms with Crippen LogP contribution in [0.4, 0.5) is 10.5 Å². The summed E-state index contributed by atoms with van der Waals surface area (Å²) in [5, 5.41) is 6.24. The molecule has 5 nitrogen and oxygen atoms in total. The van der Waals surface area contributed by atoms with Gasteiger partial charge in [0, 0.05) is 24.7 Å². The van der Waals surface area contributed by atoms with E-state index in [2.05, 4.69) is 10.6 Å². The fourth-order valence-corrected chi connectivity index (χ4v) is 4.50. The van der Waals surface area contributed by atoms with Crippen LogP contribution >= 0.6 is 0 Å². The lowest BCUT2D eigenvalue weighted by Gasteiger charge is -2.22. The summed E-state index contributed by atoms with van der Waals surface area (Å²) in [4.78, 5) is 26.8. The van der Waals surface area contributed by atoms with Crippen molar-refractivity contribution in [1.29, 1.82) is 0 Å². The topological polar surface area (TPSA) is 61.4 Å². The Labute approximate surface area is 175 Å². The number of amides is 3. The molecule has 29 heavy (non-hydrogen) atoms. The van der Waals surface area contributed by atoms with E-state index in [1.807, 2.05) is 31.2 Å². The van der Waals surface area contributed by atoms with Crippen molar-refractivity contribution in [2.24, 2.45) is 0 Å². The fourth-order valence-electron chi connectivity index (χ4n) is 4.50. The van der Waals surface area contributed by atoms with Crippen LogP contribution in [0.15, 0.2) is 24.3 Å². The van der Waals surface area contributed by atoms with E-state index in [0.29, 0.717) is 13.0 Å². The molecular weight excluding hydrogens is 362 g/mol. The molecule has 3 rings (SSSR count). The monoisotopic (exact) mass is 399 g/mol. The Balaban J connectivity index is 1.47. The molecule has 0 spiro atoms. The average Bonchev–Trinajstić information content (AvgIpc) is 3.04. The highest BCUT2D eigenvalue weighted by Crippen LogP contribution is 2.22. The molecule has 1 saturated heterocycles. The van der Waals surface area contributed by atoms with Crippen LogP contribution in [-0.4, -0.2) is 30.6 Å². The largest absolute Gasteiger partial charge is 0.335 e. The van der Waals surface area contributed by atoms with Gasteiger partial charge in [-0.15, -0.1) is 0 Å². The maximum Gasteiger partial charge on any atom is 0.315 e. The summed E-state index contributed by atoms with van der Waals surface area (Å²) in [6.45, 7) is 2.58. The van der Waals surface area contributed by atoms with Gasteiger partial charge in [-0.25, -0.2) is 4.79 Å². The lowest BCUT2D eigenvalue weighted by Crippen LogP contribution is -2.47. The lowest BCUT2D eigenvalue weighted by molar-refractivity contribution is -0.117. The zero-order valence-corrected chi connectivity index (χ0v) is 17.9. The van der Waals surface area contributed by atoms with Gasteiger partial charge in [0.2, 0.25) is 5.91 Å². The quantitative estimate of drug-likeness (QED) is 0.745. The first-order valence-corrected chi connectivity index (χ1v) is 11.6. The first-order valence-electron chi connectivity index (χ1n) is 11.6. The van der Waals surface area contributed by atoms with Crippen LogP contribution in [0.25, 0.3) is 0 Å². The third kappa shape index (κ3) is 7.06. The molecule has 0 bridgehead atoms. The molecule has 1 saturated carbocycles. The first-order chi connectivity index (χ1) is 14.1. The van der Waals surface area contributed by atoms with E-state index < -0.39 is 0 Å². The molecule has 2 N–H and O–H groups in total. The summed E-state index contributed by atoms with van der Waals surface area (Å²) in [5.74, 6) is 0.0742. The van der Waals surface area contributed by atoms with Gasteiger partial charge in [-0.3, -0.25) is 4.79 Å². The normalized spacial score (nSPS) is 22.6. The molecule has 0 radical (unpaired) electrons. The fraction of sp³-hybridized carbons (Fsp3) is 0.667. The van der Waals surface area contributed by atoms with E-state index in [1.54, 1.807) is 4.90 Å². The van der Waals surface area contributed by atoms with Crippen LogP contribution in [0, 0.1) is 6.92 Å². The van der Waals surface area contributed by atoms with Gasteiger partial charge in [0.05, 0.1) is 6.04 Å². The standard InChI is InChI=1S/C24H37N3O2/c1-19-13-15-22(16-14-19)27-18-21(17-23(27)28)26-24(29)25-20-11-9-7-5-3-2-4-6-8-10-12-20/h13-16,20-21H,2-12,17-18H2,1H3,(H2,25,26,29). The minimum Gasteiger partial charge on any atom is -0.335 e. The second-order valence-corrected chi connectivity index (χ2v) is 8.81. The number of carbonyl (C=O) groups excluding carboxylic acids is 2. The Hall–Kier alpha value is -2.04. The summed E-state index contributed by atoms with van der Waals surface area (Å²) < 4.78 is 0. The number of hydrogen-bond donors (Lipinski definition) is 2. The van der Waals surface area contributed by atoms with Crippen molar-refractivity contribution in [3.63, 3.8) is 0 Å². The number of benzene rings is 1. The SMILES string of the molecule is Cc1ccc(N2CC(NC(=O)NC3CCCCCCCCCCC3)CC2=O)cc1. The van der Waals surface area contributed by atoms with E-state index in [-0.39, 0.29) is 24.0 Å². The van der Waals surface area contributed by atoms with Crippen molar-refractivity contribution >= 4 is 17.6 Å². The van der Waals surface area contributed by atoms with E-state index in [4.69, 9.17) is 0 Å². The number of hydrogen-bond acceptors (Lipinski definition) is 2. The third-order valence-electron chi connectivity index (χ3n) is 6.25. The predicted octanol–water partition coefficient (Wildman–Crippen LogP) is 5.07. The lowest BCUT2D eigenvalue weighted by atomic mass is 9.98. The van der Waals surface area contributed by atoms with Crippen molar-refractivity contribution in [3.05, 3.63) is 29.8 Å². The van der Waals surface area contributed by atoms with Gasteiger partial charge in [0.25, 0.3) is 0 Å². The minimum atomic E-state index is -0.130. The molecule has 0 aromatic heterocycles. The Bertz CT molecular complexity index is 647. The molecule has 2 fully saturated rings. The van der Waals surface area contributed by atoms with Gasteiger partial charge < -0.3 is 15.5 Å². The first kappa shape index (κ1) is 21.7. The summed E-state index contributed by atoms with van der Waals surface area (Å²) in [7, 11) is 0. The van der Waals surface area contributed by atoms with Crippen LogP contribution < -0.4 is 15.5 Å². The van der Waals surface area contributed by atoms with Crippen LogP contribution in [0.5, 0.6) is 0 Å². The molecule has 160 valence electrons. The van der Waals surface area contributed by atoms with E-state index in [1.165, 1.54) is 63.4 Å². The van der Waals surface area contributed by atoms with Gasteiger partial charge in [-0.2, -0.15) is 0 Å². The number of carbonyl (C=O) groups is 2. The van der Waals surface area contributed by atoms with Gasteiger partial charge in [-0.05, 0) is 31.9 Å². The Morgan fingerprint density at radius 2 is 1.34 bits per heavy atom. The Morgan fingerprint density at radius 1 is 0.828 bits per heavy atom. The zero-order valence-electron chi connectivity index (χ0n) is 17.9. The second-order valence-electron chi connectivity index (χ2n) is 8.81. The van der Waals surface area contributed by atoms with Crippen LogP contribution in [-0.2, 0) is 4.79 Å². The van der Waals surface area contributed by atoms with Crippen LogP contribution in [0.2, 0.25) is 0 Å². The van der Waals surface area contributed by atoms with Crippen molar-refractivity contribution in [2.45, 2.75) is 96.1 Å². The molecule has 2 aliphatic rings. The molecule has 3 amide bonds. The summed E-state index contributed by atoms with van der Waals surface area (Å²) in [6, 6.07) is 7.97. The number of rotatable bonds is 3. The average molecular weight is 400 g/mol. The predicted molar refractivity (Wildman–Crippen MR) is 118 cm³/mol. The third-order valence-corrected chi connectivity index (χ3v) is 6.25. The molecule has 1 aromatic carbocycles. The molecule has 1 heterocycles. The number of urea groups is 1. The van der Waals surface area contributed by atoms with Gasteiger partial charge in [0.1, 0.15) is 0 Å². The minimum absolute atomic E-state index is 0.0742. The molecule has 1 atom stereocenters. The second kappa shape index (κ2) is 11.2. The maximum atomic E-state index is 12.6. The van der Waals surface area contributed by atoms with Crippen molar-refractivity contribution in [3.8, 4) is 0 Å². The Kier molecular flexibility index (Phi) is 8.38. The molecule has 5 heteroatoms. The molecule has 1 aliphatic heterocycles. The highest BCUT2D eigenvalue weighted by atomic mass is 16.2. The Morgan fingerprint density at radius 3 is 1.93 bits per heavy atom. The van der Waals surface area contributed by atoms with Gasteiger partial charge >= 0.3 is 6.03 Å². The maximum absolute atomic E-state index is 12.6. The van der Waals surface area contributed by atoms with Crippen molar-refractivity contribution in [1.82, 2.24) is 10.6 Å². The number of nitrogens with zero attached hydrogens (tertiary/aromatic N) is 1. The van der Waals surface area contributed by atoms with E-state index in [0.717, 1.165) is 18.5 Å². The molecular formula is C24H37N3O2. The number of aryl methyl sites for hydroxylation is 1.